The van der Waals surface area contributed by atoms with E-state index in [1.54, 1.807) is 0 Å². The molecule has 0 radical (unpaired) electrons. The predicted molar refractivity (Wildman–Crippen MR) is 372 cm³/mol. The Morgan fingerprint density at radius 3 is 0.772 bits per heavy atom. The first-order valence-corrected chi connectivity index (χ1v) is 40.7. The molecule has 0 aromatic heterocycles. The zero-order valence-corrected chi connectivity index (χ0v) is 62.0. The number of aliphatic hydroxyl groups is 1. The highest BCUT2D eigenvalue weighted by Crippen LogP contribution is 2.45. The number of hydrogen-bond acceptors (Lipinski definition) is 15. The van der Waals surface area contributed by atoms with E-state index in [0.29, 0.717) is 31.6 Å². The summed E-state index contributed by atoms with van der Waals surface area (Å²) in [6.07, 6.45) is 46.0. The van der Waals surface area contributed by atoms with Crippen LogP contribution in [0.4, 0.5) is 0 Å². The van der Waals surface area contributed by atoms with E-state index in [1.165, 1.54) is 161 Å². The molecule has 0 aromatic carbocycles. The third kappa shape index (κ3) is 65.4. The van der Waals surface area contributed by atoms with E-state index in [4.69, 9.17) is 37.0 Å². The van der Waals surface area contributed by atoms with Gasteiger partial charge in [0, 0.05) is 25.7 Å². The Bertz CT molecular complexity index is 1820. The zero-order chi connectivity index (χ0) is 68.2. The third-order valence-electron chi connectivity index (χ3n) is 17.2. The van der Waals surface area contributed by atoms with Crippen molar-refractivity contribution in [2.75, 3.05) is 39.6 Å². The van der Waals surface area contributed by atoms with E-state index in [9.17, 15) is 43.2 Å². The summed E-state index contributed by atoms with van der Waals surface area (Å²) in [5.74, 6) is 0.856. The lowest BCUT2D eigenvalue weighted by Crippen LogP contribution is -2.30. The fraction of sp³-hybridized carbons (Fsp3) is 0.945. The van der Waals surface area contributed by atoms with Crippen LogP contribution in [0.2, 0.25) is 0 Å². The largest absolute Gasteiger partial charge is 0.472 e. The monoisotopic (exact) mass is 1350 g/mol. The lowest BCUT2D eigenvalue weighted by Gasteiger charge is -2.21. The van der Waals surface area contributed by atoms with Crippen molar-refractivity contribution in [3.05, 3.63) is 0 Å². The second-order valence-corrected chi connectivity index (χ2v) is 30.9. The molecule has 0 spiro atoms. The van der Waals surface area contributed by atoms with Gasteiger partial charge in [-0.2, -0.15) is 0 Å². The number of rotatable bonds is 70. The lowest BCUT2D eigenvalue weighted by molar-refractivity contribution is -0.161. The molecule has 0 amide bonds. The van der Waals surface area contributed by atoms with Gasteiger partial charge >= 0.3 is 39.5 Å². The van der Waals surface area contributed by atoms with E-state index < -0.39 is 97.5 Å². The van der Waals surface area contributed by atoms with Crippen LogP contribution in [0, 0.1) is 23.7 Å². The summed E-state index contributed by atoms with van der Waals surface area (Å²) in [4.78, 5) is 72.6. The predicted octanol–water partition coefficient (Wildman–Crippen LogP) is 20.9. The molecule has 19 heteroatoms. The van der Waals surface area contributed by atoms with Crippen molar-refractivity contribution < 1.29 is 80.2 Å². The van der Waals surface area contributed by atoms with Gasteiger partial charge in [-0.3, -0.25) is 37.3 Å². The van der Waals surface area contributed by atoms with Gasteiger partial charge in [0.2, 0.25) is 0 Å². The molecule has 17 nitrogen and oxygen atoms in total. The number of aliphatic hydroxyl groups excluding tert-OH is 1. The first-order valence-electron chi connectivity index (χ1n) is 37.7. The summed E-state index contributed by atoms with van der Waals surface area (Å²) in [7, 11) is -9.91. The molecule has 0 saturated heterocycles. The SMILES string of the molecule is CCC(C)CCCCCCCCC(=O)OC[C@H](COP(=O)(O)OC[C@H](O)COP(=O)(O)OC[C@@H](COC(=O)CCCCCCCCCCCCCCCC(C)C)OC(=O)CCCCCCCCC(C)C)OC(=O)CCCCCCCCCCCCCCCCC(C)C. The normalized spacial score (nSPS) is 14.5. The molecule has 0 rings (SSSR count). The van der Waals surface area contributed by atoms with E-state index in [1.807, 2.05) is 0 Å². The minimum atomic E-state index is -4.95. The maximum absolute atomic E-state index is 13.0. The molecule has 92 heavy (non-hydrogen) atoms. The average molecular weight is 1350 g/mol. The summed E-state index contributed by atoms with van der Waals surface area (Å²) >= 11 is 0. The molecule has 0 aliphatic heterocycles. The van der Waals surface area contributed by atoms with Crippen molar-refractivity contribution in [2.45, 2.75) is 382 Å². The van der Waals surface area contributed by atoms with Crippen LogP contribution in [0.15, 0.2) is 0 Å². The van der Waals surface area contributed by atoms with Gasteiger partial charge in [-0.15, -0.1) is 0 Å². The first kappa shape index (κ1) is 90.1. The fourth-order valence-corrected chi connectivity index (χ4v) is 12.6. The number of phosphoric acid groups is 2. The molecule has 0 aromatic rings. The molecular weight excluding hydrogens is 1210 g/mol. The summed E-state index contributed by atoms with van der Waals surface area (Å²) in [5, 5.41) is 10.6. The molecule has 0 saturated carbocycles. The third-order valence-corrected chi connectivity index (χ3v) is 19.1. The molecule has 3 unspecified atom stereocenters. The van der Waals surface area contributed by atoms with Gasteiger partial charge in [-0.25, -0.2) is 9.13 Å². The Morgan fingerprint density at radius 2 is 0.522 bits per heavy atom. The summed E-state index contributed by atoms with van der Waals surface area (Å²) in [5.41, 5.74) is 0. The van der Waals surface area contributed by atoms with Crippen molar-refractivity contribution >= 4 is 39.5 Å². The number of esters is 4. The van der Waals surface area contributed by atoms with Crippen LogP contribution in [-0.2, 0) is 65.4 Å². The Labute approximate surface area is 562 Å². The molecule has 6 atom stereocenters. The molecule has 0 aliphatic carbocycles. The maximum atomic E-state index is 13.0. The van der Waals surface area contributed by atoms with E-state index in [-0.39, 0.29) is 25.7 Å². The number of unbranched alkanes of at least 4 members (excludes halogenated alkanes) is 35. The molecule has 0 bridgehead atoms. The van der Waals surface area contributed by atoms with Crippen LogP contribution in [-0.4, -0.2) is 96.7 Å². The van der Waals surface area contributed by atoms with Gasteiger partial charge in [0.15, 0.2) is 12.2 Å². The highest BCUT2D eigenvalue weighted by Gasteiger charge is 2.30. The van der Waals surface area contributed by atoms with Crippen molar-refractivity contribution in [3.8, 4) is 0 Å². The van der Waals surface area contributed by atoms with Crippen molar-refractivity contribution in [2.24, 2.45) is 23.7 Å². The number of carbonyl (C=O) groups excluding carboxylic acids is 4. The first-order chi connectivity index (χ1) is 44.1. The van der Waals surface area contributed by atoms with Gasteiger partial charge in [0.25, 0.3) is 0 Å². The van der Waals surface area contributed by atoms with Crippen molar-refractivity contribution in [1.29, 1.82) is 0 Å². The minimum absolute atomic E-state index is 0.102. The van der Waals surface area contributed by atoms with Crippen LogP contribution < -0.4 is 0 Å². The standard InChI is InChI=1S/C73H142O17P2/c1-9-66(8)52-44-36-30-32-38-46-54-71(76)84-60-68(89-72(77)55-47-39-28-24-20-15-11-10-13-17-21-25-33-41-49-63(2)3)61-87-91(79,80)85-57-67(74)58-86-92(81,82)88-62-69(90-73(78)56-48-40-31-29-35-43-51-65(6)7)59-83-70(75)53-45-37-27-23-19-16-12-14-18-22-26-34-42-50-64(4)5/h63-69,74H,9-62H2,1-8H3,(H,79,80)(H,81,82)/t66?,67-,68+,69+/m0/s1. The Kier molecular flexibility index (Phi) is 61.3. The van der Waals surface area contributed by atoms with Crippen molar-refractivity contribution in [3.63, 3.8) is 0 Å². The summed E-state index contributed by atoms with van der Waals surface area (Å²) in [6, 6.07) is 0. The molecule has 3 N–H and O–H groups in total. The average Bonchev–Trinajstić information content (AvgIpc) is 1.39. The maximum Gasteiger partial charge on any atom is 0.472 e. The van der Waals surface area contributed by atoms with Crippen LogP contribution in [0.25, 0.3) is 0 Å². The highest BCUT2D eigenvalue weighted by molar-refractivity contribution is 7.47. The van der Waals surface area contributed by atoms with Crippen LogP contribution in [0.5, 0.6) is 0 Å². The smallest absolute Gasteiger partial charge is 0.462 e. The Morgan fingerprint density at radius 1 is 0.304 bits per heavy atom. The van der Waals surface area contributed by atoms with E-state index in [2.05, 4.69) is 55.4 Å². The van der Waals surface area contributed by atoms with Crippen LogP contribution in [0.3, 0.4) is 0 Å². The van der Waals surface area contributed by atoms with Gasteiger partial charge < -0.3 is 33.8 Å². The Balaban J connectivity index is 5.19. The Hall–Kier alpha value is -1.94. The minimum Gasteiger partial charge on any atom is -0.462 e. The van der Waals surface area contributed by atoms with E-state index in [0.717, 1.165) is 114 Å². The van der Waals surface area contributed by atoms with Gasteiger partial charge in [-0.1, -0.05) is 312 Å². The second-order valence-electron chi connectivity index (χ2n) is 28.0. The number of hydrogen-bond donors (Lipinski definition) is 3. The van der Waals surface area contributed by atoms with E-state index >= 15 is 0 Å². The van der Waals surface area contributed by atoms with Crippen LogP contribution >= 0.6 is 15.6 Å². The quantitative estimate of drug-likeness (QED) is 0.0222. The number of phosphoric ester groups is 2. The van der Waals surface area contributed by atoms with Crippen LogP contribution in [0.1, 0.15) is 364 Å². The highest BCUT2D eigenvalue weighted by atomic mass is 31.2. The van der Waals surface area contributed by atoms with Crippen molar-refractivity contribution in [1.82, 2.24) is 0 Å². The number of ether oxygens (including phenoxy) is 4. The molecule has 0 fully saturated rings. The summed E-state index contributed by atoms with van der Waals surface area (Å²) in [6.45, 7) is 14.1. The summed E-state index contributed by atoms with van der Waals surface area (Å²) < 4.78 is 68.3. The van der Waals surface area contributed by atoms with Gasteiger partial charge in [0.1, 0.15) is 19.3 Å². The molecule has 0 aliphatic rings. The second kappa shape index (κ2) is 62.6. The molecule has 546 valence electrons. The molecular formula is C73H142O17P2. The van der Waals surface area contributed by atoms with Gasteiger partial charge in [0.05, 0.1) is 26.4 Å². The van der Waals surface area contributed by atoms with Gasteiger partial charge in [-0.05, 0) is 49.4 Å². The zero-order valence-electron chi connectivity index (χ0n) is 60.2. The fourth-order valence-electron chi connectivity index (χ4n) is 11.0. The topological polar surface area (TPSA) is 237 Å². The lowest BCUT2D eigenvalue weighted by atomic mass is 10.00. The number of carbonyl (C=O) groups is 4. The molecule has 0 heterocycles.